The Hall–Kier alpha value is -0.320. The van der Waals surface area contributed by atoms with E-state index in [0.29, 0.717) is 6.54 Å². The summed E-state index contributed by atoms with van der Waals surface area (Å²) in [7, 11) is 0. The van der Waals surface area contributed by atoms with Crippen molar-refractivity contribution in [1.82, 2.24) is 5.32 Å². The van der Waals surface area contributed by atoms with Gasteiger partial charge in [0, 0.05) is 26.1 Å². The van der Waals surface area contributed by atoms with E-state index in [1.165, 1.54) is 6.92 Å². The molecule has 0 aromatic rings. The van der Waals surface area contributed by atoms with Crippen molar-refractivity contribution in [2.45, 2.75) is 31.9 Å². The molecule has 0 radical (unpaired) electrons. The minimum absolute atomic E-state index is 0. The Bertz CT molecular complexity index is 160. The number of amides is 1. The van der Waals surface area contributed by atoms with Crippen LogP contribution in [0.1, 0.15) is 19.8 Å². The lowest BCUT2D eigenvalue weighted by Gasteiger charge is -2.18. The Kier molecular flexibility index (Phi) is 6.03. The Morgan fingerprint density at radius 2 is 2.46 bits per heavy atom. The van der Waals surface area contributed by atoms with Crippen molar-refractivity contribution in [1.29, 1.82) is 0 Å². The molecule has 1 rings (SSSR count). The number of nitrogens with one attached hydrogen (secondary N) is 1. The van der Waals surface area contributed by atoms with Crippen LogP contribution in [0.5, 0.6) is 0 Å². The maximum atomic E-state index is 10.6. The number of rotatable bonds is 3. The SMILES string of the molecule is CC(=O)NCC(N)C1CCCO1.Cl. The van der Waals surface area contributed by atoms with Gasteiger partial charge in [-0.1, -0.05) is 0 Å². The van der Waals surface area contributed by atoms with Crippen LogP contribution in [0.25, 0.3) is 0 Å². The van der Waals surface area contributed by atoms with Gasteiger partial charge in [0.05, 0.1) is 6.10 Å². The monoisotopic (exact) mass is 208 g/mol. The van der Waals surface area contributed by atoms with E-state index in [-0.39, 0.29) is 30.5 Å². The van der Waals surface area contributed by atoms with Crippen molar-refractivity contribution in [2.75, 3.05) is 13.2 Å². The van der Waals surface area contributed by atoms with Crippen LogP contribution in [0.2, 0.25) is 0 Å². The van der Waals surface area contributed by atoms with E-state index < -0.39 is 0 Å². The predicted octanol–water partition coefficient (Wildman–Crippen LogP) is 0.0506. The zero-order chi connectivity index (χ0) is 8.97. The van der Waals surface area contributed by atoms with E-state index in [1.807, 2.05) is 0 Å². The number of carbonyl (C=O) groups is 1. The average molecular weight is 209 g/mol. The van der Waals surface area contributed by atoms with Crippen LogP contribution in [-0.4, -0.2) is 31.2 Å². The van der Waals surface area contributed by atoms with E-state index in [9.17, 15) is 4.79 Å². The zero-order valence-electron chi connectivity index (χ0n) is 7.79. The van der Waals surface area contributed by atoms with E-state index in [4.69, 9.17) is 10.5 Å². The molecule has 1 saturated heterocycles. The summed E-state index contributed by atoms with van der Waals surface area (Å²) < 4.78 is 5.37. The minimum atomic E-state index is -0.0589. The van der Waals surface area contributed by atoms with E-state index in [2.05, 4.69) is 5.32 Å². The van der Waals surface area contributed by atoms with E-state index in [1.54, 1.807) is 0 Å². The number of hydrogen-bond acceptors (Lipinski definition) is 3. The minimum Gasteiger partial charge on any atom is -0.377 e. The molecule has 2 atom stereocenters. The summed E-state index contributed by atoms with van der Waals surface area (Å²) in [5, 5.41) is 2.68. The third-order valence-electron chi connectivity index (χ3n) is 2.03. The van der Waals surface area contributed by atoms with Gasteiger partial charge in [0.15, 0.2) is 0 Å². The number of hydrogen-bond donors (Lipinski definition) is 2. The molecule has 1 heterocycles. The summed E-state index contributed by atoms with van der Waals surface area (Å²) >= 11 is 0. The molecule has 1 amide bonds. The Morgan fingerprint density at radius 3 is 2.92 bits per heavy atom. The predicted molar refractivity (Wildman–Crippen MR) is 52.9 cm³/mol. The zero-order valence-corrected chi connectivity index (χ0v) is 8.60. The van der Waals surface area contributed by atoms with Crippen LogP contribution < -0.4 is 11.1 Å². The van der Waals surface area contributed by atoms with Crippen LogP contribution in [-0.2, 0) is 9.53 Å². The molecule has 2 unspecified atom stereocenters. The van der Waals surface area contributed by atoms with Gasteiger partial charge >= 0.3 is 0 Å². The van der Waals surface area contributed by atoms with Crippen molar-refractivity contribution in [3.8, 4) is 0 Å². The van der Waals surface area contributed by atoms with Crippen molar-refractivity contribution >= 4 is 18.3 Å². The molecule has 5 heteroatoms. The smallest absolute Gasteiger partial charge is 0.216 e. The topological polar surface area (TPSA) is 64.4 Å². The molecule has 78 valence electrons. The molecule has 0 aromatic heterocycles. The fourth-order valence-corrected chi connectivity index (χ4v) is 1.33. The van der Waals surface area contributed by atoms with Gasteiger partial charge in [-0.25, -0.2) is 0 Å². The first-order valence-electron chi connectivity index (χ1n) is 4.32. The molecule has 4 nitrogen and oxygen atoms in total. The standard InChI is InChI=1S/C8H16N2O2.ClH/c1-6(11)10-5-7(9)8-3-2-4-12-8;/h7-8H,2-5,9H2,1H3,(H,10,11);1H. The second kappa shape index (κ2) is 6.18. The molecule has 0 spiro atoms. The summed E-state index contributed by atoms with van der Waals surface area (Å²) in [6.07, 6.45) is 2.23. The van der Waals surface area contributed by atoms with Crippen LogP contribution in [0, 0.1) is 0 Å². The summed E-state index contributed by atoms with van der Waals surface area (Å²) in [5.41, 5.74) is 5.79. The van der Waals surface area contributed by atoms with Gasteiger partial charge in [-0.2, -0.15) is 0 Å². The van der Waals surface area contributed by atoms with Gasteiger partial charge in [0.2, 0.25) is 5.91 Å². The molecule has 0 saturated carbocycles. The Labute approximate surface area is 84.6 Å². The molecule has 0 bridgehead atoms. The van der Waals surface area contributed by atoms with Gasteiger partial charge in [0.25, 0.3) is 0 Å². The van der Waals surface area contributed by atoms with Crippen LogP contribution in [0.4, 0.5) is 0 Å². The lowest BCUT2D eigenvalue weighted by molar-refractivity contribution is -0.119. The van der Waals surface area contributed by atoms with Crippen LogP contribution in [0.15, 0.2) is 0 Å². The summed E-state index contributed by atoms with van der Waals surface area (Å²) in [6, 6.07) is -0.0589. The lowest BCUT2D eigenvalue weighted by Crippen LogP contribution is -2.44. The van der Waals surface area contributed by atoms with Crippen molar-refractivity contribution in [2.24, 2.45) is 5.73 Å². The molecule has 0 aromatic carbocycles. The third-order valence-corrected chi connectivity index (χ3v) is 2.03. The molecule has 1 aliphatic rings. The highest BCUT2D eigenvalue weighted by molar-refractivity contribution is 5.85. The second-order valence-electron chi connectivity index (χ2n) is 3.15. The molecule has 3 N–H and O–H groups in total. The lowest BCUT2D eigenvalue weighted by atomic mass is 10.1. The molecule has 1 aliphatic heterocycles. The number of carbonyl (C=O) groups excluding carboxylic acids is 1. The van der Waals surface area contributed by atoms with Gasteiger partial charge in [-0.05, 0) is 12.8 Å². The van der Waals surface area contributed by atoms with Crippen LogP contribution >= 0.6 is 12.4 Å². The molecular formula is C8H17ClN2O2. The summed E-state index contributed by atoms with van der Waals surface area (Å²) in [4.78, 5) is 10.6. The second-order valence-corrected chi connectivity index (χ2v) is 3.15. The van der Waals surface area contributed by atoms with Gasteiger partial charge in [0.1, 0.15) is 0 Å². The number of nitrogens with two attached hydrogens (primary N) is 1. The van der Waals surface area contributed by atoms with Crippen molar-refractivity contribution in [3.05, 3.63) is 0 Å². The van der Waals surface area contributed by atoms with Gasteiger partial charge < -0.3 is 15.8 Å². The Balaban J connectivity index is 0.00000144. The highest BCUT2D eigenvalue weighted by atomic mass is 35.5. The maximum absolute atomic E-state index is 10.6. The van der Waals surface area contributed by atoms with Gasteiger partial charge in [-0.3, -0.25) is 4.79 Å². The largest absolute Gasteiger partial charge is 0.377 e. The normalized spacial score (nSPS) is 23.4. The molecule has 0 aliphatic carbocycles. The summed E-state index contributed by atoms with van der Waals surface area (Å²) in [5.74, 6) is -0.0385. The molecule has 13 heavy (non-hydrogen) atoms. The summed E-state index contributed by atoms with van der Waals surface area (Å²) in [6.45, 7) is 2.81. The average Bonchev–Trinajstić information content (AvgIpc) is 2.51. The number of ether oxygens (including phenoxy) is 1. The molecule has 1 fully saturated rings. The fraction of sp³-hybridized carbons (Fsp3) is 0.875. The quantitative estimate of drug-likeness (QED) is 0.689. The first-order valence-corrected chi connectivity index (χ1v) is 4.32. The Morgan fingerprint density at radius 1 is 1.77 bits per heavy atom. The first-order chi connectivity index (χ1) is 5.70. The van der Waals surface area contributed by atoms with Gasteiger partial charge in [-0.15, -0.1) is 12.4 Å². The van der Waals surface area contributed by atoms with Crippen LogP contribution in [0.3, 0.4) is 0 Å². The van der Waals surface area contributed by atoms with E-state index >= 15 is 0 Å². The molecular weight excluding hydrogens is 192 g/mol. The maximum Gasteiger partial charge on any atom is 0.216 e. The first kappa shape index (κ1) is 12.7. The third kappa shape index (κ3) is 4.45. The fourth-order valence-electron chi connectivity index (χ4n) is 1.33. The highest BCUT2D eigenvalue weighted by Gasteiger charge is 2.22. The highest BCUT2D eigenvalue weighted by Crippen LogP contribution is 2.13. The van der Waals surface area contributed by atoms with Crippen molar-refractivity contribution in [3.63, 3.8) is 0 Å². The number of halogens is 1. The van der Waals surface area contributed by atoms with E-state index in [0.717, 1.165) is 19.4 Å². The van der Waals surface area contributed by atoms with Crippen molar-refractivity contribution < 1.29 is 9.53 Å².